The van der Waals surface area contributed by atoms with Crippen LogP contribution in [-0.2, 0) is 22.1 Å². The van der Waals surface area contributed by atoms with Gasteiger partial charge in [0, 0.05) is 18.2 Å². The monoisotopic (exact) mass is 511 g/mol. The molecular weight excluding hydrogens is 479 g/mol. The molecule has 1 aliphatic rings. The zero-order valence-corrected chi connectivity index (χ0v) is 21.4. The fraction of sp³-hybridized carbons (Fsp3) is 0.480. The quantitative estimate of drug-likeness (QED) is 0.463. The summed E-state index contributed by atoms with van der Waals surface area (Å²) in [6.07, 6.45) is 2.26. The van der Waals surface area contributed by atoms with Crippen LogP contribution >= 0.6 is 0 Å². The van der Waals surface area contributed by atoms with E-state index in [9.17, 15) is 21.6 Å². The number of benzene rings is 1. The maximum atomic E-state index is 12.7. The molecule has 1 aliphatic carbocycles. The van der Waals surface area contributed by atoms with Gasteiger partial charge in [-0.25, -0.2) is 17.8 Å². The van der Waals surface area contributed by atoms with Crippen molar-refractivity contribution in [3.8, 4) is 17.1 Å². The molecule has 192 valence electrons. The summed E-state index contributed by atoms with van der Waals surface area (Å²) in [6.45, 7) is 9.92. The molecule has 0 radical (unpaired) electrons. The molecule has 1 unspecified atom stereocenters. The van der Waals surface area contributed by atoms with Gasteiger partial charge in [0.1, 0.15) is 5.76 Å². The number of nitrogens with one attached hydrogen (secondary N) is 1. The number of rotatable bonds is 9. The van der Waals surface area contributed by atoms with Crippen LogP contribution in [0.3, 0.4) is 0 Å². The van der Waals surface area contributed by atoms with Gasteiger partial charge in [0.05, 0.1) is 11.2 Å². The number of ether oxygens (including phenoxy) is 1. The van der Waals surface area contributed by atoms with Crippen molar-refractivity contribution in [1.82, 2.24) is 14.5 Å². The van der Waals surface area contributed by atoms with Crippen molar-refractivity contribution in [2.24, 2.45) is 11.8 Å². The van der Waals surface area contributed by atoms with Gasteiger partial charge in [-0.3, -0.25) is 0 Å². The Hall–Kier alpha value is -2.59. The van der Waals surface area contributed by atoms with E-state index in [0.717, 1.165) is 12.2 Å². The lowest BCUT2D eigenvalue weighted by Gasteiger charge is -2.27. The second-order valence-electron chi connectivity index (χ2n) is 9.58. The van der Waals surface area contributed by atoms with Gasteiger partial charge in [0.2, 0.25) is 15.9 Å². The molecule has 0 saturated heterocycles. The maximum Gasteiger partial charge on any atom is 0.404 e. The molecule has 0 saturated carbocycles. The molecule has 6 nitrogen and oxygen atoms in total. The predicted molar refractivity (Wildman–Crippen MR) is 130 cm³/mol. The van der Waals surface area contributed by atoms with Crippen LogP contribution in [0, 0.1) is 11.8 Å². The summed E-state index contributed by atoms with van der Waals surface area (Å²) in [5.41, 5.74) is 0.540. The number of aryl methyl sites for hydroxylation is 1. The normalized spacial score (nSPS) is 17.1. The summed E-state index contributed by atoms with van der Waals surface area (Å²) in [6, 6.07) is 8.70. The highest BCUT2D eigenvalue weighted by molar-refractivity contribution is 7.89. The summed E-state index contributed by atoms with van der Waals surface area (Å²) < 4.78 is 72.1. The first-order valence-corrected chi connectivity index (χ1v) is 13.2. The third-order valence-corrected chi connectivity index (χ3v) is 7.39. The average Bonchev–Trinajstić information content (AvgIpc) is 3.14. The van der Waals surface area contributed by atoms with E-state index in [2.05, 4.69) is 35.8 Å². The maximum absolute atomic E-state index is 12.7. The lowest BCUT2D eigenvalue weighted by atomic mass is 9.89. The Morgan fingerprint density at radius 3 is 2.51 bits per heavy atom. The van der Waals surface area contributed by atoms with E-state index in [1.807, 2.05) is 19.1 Å². The minimum absolute atomic E-state index is 0.480. The SMILES string of the molecule is CCn1nc(-c2cccc(C(C)(C)NS(=O)(=O)CC(F)(F)F)c2)cc1OC1=CCC(C(C)C)C=C1. The van der Waals surface area contributed by atoms with Gasteiger partial charge in [-0.15, -0.1) is 0 Å². The standard InChI is InChI=1S/C25H32F3N3O3S/c1-6-31-23(34-21-12-10-18(11-13-21)17(2)3)15-22(29-31)19-8-7-9-20(14-19)24(4,5)30-35(32,33)16-25(26,27)28/h7-10,12-15,17-18,30H,6,11,16H2,1-5H3. The Bertz CT molecular complexity index is 1210. The molecule has 1 N–H and O–H groups in total. The Balaban J connectivity index is 1.83. The van der Waals surface area contributed by atoms with Gasteiger partial charge in [0.25, 0.3) is 0 Å². The lowest BCUT2D eigenvalue weighted by Crippen LogP contribution is -2.44. The Kier molecular flexibility index (Phi) is 7.86. The topological polar surface area (TPSA) is 73.2 Å². The largest absolute Gasteiger partial charge is 0.440 e. The number of nitrogens with zero attached hydrogens (tertiary/aromatic N) is 2. The van der Waals surface area contributed by atoms with Crippen molar-refractivity contribution in [3.63, 3.8) is 0 Å². The Morgan fingerprint density at radius 2 is 1.94 bits per heavy atom. The first-order chi connectivity index (χ1) is 16.2. The molecule has 35 heavy (non-hydrogen) atoms. The molecule has 1 aromatic heterocycles. The van der Waals surface area contributed by atoms with Crippen LogP contribution in [0.4, 0.5) is 13.2 Å². The number of allylic oxidation sites excluding steroid dienone is 3. The van der Waals surface area contributed by atoms with E-state index in [4.69, 9.17) is 4.74 Å². The molecule has 0 aliphatic heterocycles. The molecule has 0 amide bonds. The van der Waals surface area contributed by atoms with Crippen molar-refractivity contribution in [1.29, 1.82) is 0 Å². The zero-order valence-electron chi connectivity index (χ0n) is 20.6. The molecule has 1 heterocycles. The van der Waals surface area contributed by atoms with Crippen molar-refractivity contribution in [3.05, 3.63) is 59.9 Å². The van der Waals surface area contributed by atoms with Gasteiger partial charge in [-0.2, -0.15) is 18.3 Å². The van der Waals surface area contributed by atoms with Gasteiger partial charge < -0.3 is 4.74 Å². The highest BCUT2D eigenvalue weighted by atomic mass is 32.2. The van der Waals surface area contributed by atoms with Crippen molar-refractivity contribution in [2.75, 3.05) is 5.75 Å². The van der Waals surface area contributed by atoms with Gasteiger partial charge in [-0.1, -0.05) is 38.1 Å². The van der Waals surface area contributed by atoms with Crippen LogP contribution in [0.5, 0.6) is 5.88 Å². The molecule has 3 rings (SSSR count). The van der Waals surface area contributed by atoms with E-state index in [1.165, 1.54) is 13.8 Å². The number of aromatic nitrogens is 2. The summed E-state index contributed by atoms with van der Waals surface area (Å²) in [5, 5.41) is 4.61. The molecule has 1 aromatic carbocycles. The van der Waals surface area contributed by atoms with Crippen LogP contribution in [0.1, 0.15) is 46.6 Å². The minimum Gasteiger partial charge on any atom is -0.440 e. The minimum atomic E-state index is -4.83. The number of sulfonamides is 1. The summed E-state index contributed by atoms with van der Waals surface area (Å²) in [4.78, 5) is 0. The van der Waals surface area contributed by atoms with E-state index >= 15 is 0 Å². The van der Waals surface area contributed by atoms with Crippen molar-refractivity contribution < 1.29 is 26.3 Å². The second kappa shape index (κ2) is 10.2. The van der Waals surface area contributed by atoms with E-state index in [-0.39, 0.29) is 0 Å². The molecule has 10 heteroatoms. The Labute approximate surface area is 204 Å². The molecule has 1 atom stereocenters. The third-order valence-electron chi connectivity index (χ3n) is 5.86. The molecule has 0 spiro atoms. The summed E-state index contributed by atoms with van der Waals surface area (Å²) >= 11 is 0. The van der Waals surface area contributed by atoms with E-state index in [1.54, 1.807) is 28.9 Å². The molecule has 2 aromatic rings. The van der Waals surface area contributed by atoms with Gasteiger partial charge in [-0.05, 0) is 62.8 Å². The van der Waals surface area contributed by atoms with Crippen LogP contribution in [0.15, 0.2) is 54.3 Å². The molecule has 0 fully saturated rings. The number of alkyl halides is 3. The highest BCUT2D eigenvalue weighted by Crippen LogP contribution is 2.31. The third kappa shape index (κ3) is 7.20. The second-order valence-corrected chi connectivity index (χ2v) is 11.3. The average molecular weight is 512 g/mol. The highest BCUT2D eigenvalue weighted by Gasteiger charge is 2.38. The van der Waals surface area contributed by atoms with E-state index in [0.29, 0.717) is 41.1 Å². The smallest absolute Gasteiger partial charge is 0.404 e. The molecular formula is C25H32F3N3O3S. The Morgan fingerprint density at radius 1 is 1.23 bits per heavy atom. The predicted octanol–water partition coefficient (Wildman–Crippen LogP) is 5.78. The van der Waals surface area contributed by atoms with Gasteiger partial charge >= 0.3 is 6.18 Å². The fourth-order valence-corrected chi connectivity index (χ4v) is 5.32. The fourth-order valence-electron chi connectivity index (χ4n) is 3.92. The van der Waals surface area contributed by atoms with E-state index < -0.39 is 27.5 Å². The number of hydrogen-bond donors (Lipinski definition) is 1. The molecule has 0 bridgehead atoms. The van der Waals surface area contributed by atoms with Crippen LogP contribution in [0.25, 0.3) is 11.3 Å². The van der Waals surface area contributed by atoms with Crippen LogP contribution in [0.2, 0.25) is 0 Å². The van der Waals surface area contributed by atoms with Gasteiger partial charge in [0.15, 0.2) is 5.75 Å². The van der Waals surface area contributed by atoms with Crippen LogP contribution in [-0.4, -0.2) is 30.1 Å². The zero-order chi connectivity index (χ0) is 26.0. The summed E-state index contributed by atoms with van der Waals surface area (Å²) in [5.74, 6) is 0.404. The first-order valence-electron chi connectivity index (χ1n) is 11.5. The first kappa shape index (κ1) is 27.0. The van der Waals surface area contributed by atoms with Crippen molar-refractivity contribution in [2.45, 2.75) is 59.3 Å². The number of hydrogen-bond acceptors (Lipinski definition) is 4. The lowest BCUT2D eigenvalue weighted by molar-refractivity contribution is -0.106. The number of halogens is 3. The summed E-state index contributed by atoms with van der Waals surface area (Å²) in [7, 11) is -4.58. The van der Waals surface area contributed by atoms with Crippen LogP contribution < -0.4 is 9.46 Å². The van der Waals surface area contributed by atoms with Crippen molar-refractivity contribution >= 4 is 10.0 Å².